The zero-order valence-corrected chi connectivity index (χ0v) is 9.16. The van der Waals surface area contributed by atoms with Gasteiger partial charge in [0.25, 0.3) is 0 Å². The maximum atomic E-state index is 8.77. The lowest BCUT2D eigenvalue weighted by atomic mass is 10.1. The number of nitrogens with zero attached hydrogens (tertiary/aromatic N) is 1. The van der Waals surface area contributed by atoms with Gasteiger partial charge in [-0.1, -0.05) is 13.8 Å². The summed E-state index contributed by atoms with van der Waals surface area (Å²) < 4.78 is 5.51. The molecule has 1 rings (SSSR count). The fourth-order valence-electron chi connectivity index (χ4n) is 1.13. The largest absolute Gasteiger partial charge is 0.494 e. The standard InChI is InChI=1S/C12H16N2O/c1-9(2)5-6-15-11-3-4-12(14)10(7-11)8-13/h3-4,7,9H,5-6,14H2,1-2H3. The lowest BCUT2D eigenvalue weighted by Gasteiger charge is -2.08. The molecule has 80 valence electrons. The van der Waals surface area contributed by atoms with Gasteiger partial charge in [0.05, 0.1) is 12.2 Å². The first kappa shape index (κ1) is 11.4. The van der Waals surface area contributed by atoms with Crippen molar-refractivity contribution in [3.05, 3.63) is 23.8 Å². The highest BCUT2D eigenvalue weighted by atomic mass is 16.5. The second-order valence-corrected chi connectivity index (χ2v) is 3.89. The van der Waals surface area contributed by atoms with Crippen molar-refractivity contribution in [1.29, 1.82) is 5.26 Å². The molecule has 0 aliphatic heterocycles. The summed E-state index contributed by atoms with van der Waals surface area (Å²) in [6.07, 6.45) is 1.01. The third-order valence-electron chi connectivity index (χ3n) is 2.11. The summed E-state index contributed by atoms with van der Waals surface area (Å²) in [6.45, 7) is 4.96. The highest BCUT2D eigenvalue weighted by molar-refractivity contribution is 5.56. The molecule has 0 amide bonds. The molecular formula is C12H16N2O. The molecule has 0 aliphatic rings. The summed E-state index contributed by atoms with van der Waals surface area (Å²) >= 11 is 0. The maximum absolute atomic E-state index is 8.77. The van der Waals surface area contributed by atoms with E-state index in [0.29, 0.717) is 29.5 Å². The molecule has 0 spiro atoms. The number of hydrogen-bond donors (Lipinski definition) is 1. The van der Waals surface area contributed by atoms with E-state index in [2.05, 4.69) is 13.8 Å². The first-order chi connectivity index (χ1) is 7.13. The van der Waals surface area contributed by atoms with E-state index in [0.717, 1.165) is 6.42 Å². The molecule has 3 nitrogen and oxygen atoms in total. The summed E-state index contributed by atoms with van der Waals surface area (Å²) in [5, 5.41) is 8.77. The third-order valence-corrected chi connectivity index (χ3v) is 2.11. The van der Waals surface area contributed by atoms with Gasteiger partial charge in [-0.15, -0.1) is 0 Å². The van der Waals surface area contributed by atoms with Gasteiger partial charge in [0.2, 0.25) is 0 Å². The van der Waals surface area contributed by atoms with Crippen LogP contribution in [0.15, 0.2) is 18.2 Å². The van der Waals surface area contributed by atoms with Gasteiger partial charge in [0.15, 0.2) is 0 Å². The Bertz CT molecular complexity index is 366. The van der Waals surface area contributed by atoms with Gasteiger partial charge < -0.3 is 10.5 Å². The Balaban J connectivity index is 2.60. The number of benzene rings is 1. The van der Waals surface area contributed by atoms with Crippen LogP contribution in [0.25, 0.3) is 0 Å². The fourth-order valence-corrected chi connectivity index (χ4v) is 1.13. The van der Waals surface area contributed by atoms with Crippen LogP contribution in [0.3, 0.4) is 0 Å². The molecule has 15 heavy (non-hydrogen) atoms. The molecule has 0 unspecified atom stereocenters. The molecule has 2 N–H and O–H groups in total. The van der Waals surface area contributed by atoms with E-state index in [1.165, 1.54) is 0 Å². The molecule has 0 aromatic heterocycles. The van der Waals surface area contributed by atoms with E-state index in [1.54, 1.807) is 18.2 Å². The molecule has 1 aromatic carbocycles. The number of anilines is 1. The third kappa shape index (κ3) is 3.51. The number of nitriles is 1. The van der Waals surface area contributed by atoms with Crippen LogP contribution in [0.4, 0.5) is 5.69 Å². The van der Waals surface area contributed by atoms with Gasteiger partial charge in [0.1, 0.15) is 11.8 Å². The summed E-state index contributed by atoms with van der Waals surface area (Å²) in [5.74, 6) is 1.33. The van der Waals surface area contributed by atoms with Gasteiger partial charge in [0, 0.05) is 5.69 Å². The van der Waals surface area contributed by atoms with Crippen LogP contribution in [0, 0.1) is 17.2 Å². The van der Waals surface area contributed by atoms with Crippen molar-refractivity contribution < 1.29 is 4.74 Å². The Morgan fingerprint density at radius 1 is 1.47 bits per heavy atom. The van der Waals surface area contributed by atoms with Crippen LogP contribution < -0.4 is 10.5 Å². The zero-order valence-electron chi connectivity index (χ0n) is 9.16. The van der Waals surface area contributed by atoms with Crippen molar-refractivity contribution in [2.45, 2.75) is 20.3 Å². The Kier molecular flexibility index (Phi) is 3.99. The quantitative estimate of drug-likeness (QED) is 0.767. The molecular weight excluding hydrogens is 188 g/mol. The Morgan fingerprint density at radius 2 is 2.20 bits per heavy atom. The van der Waals surface area contributed by atoms with Crippen molar-refractivity contribution >= 4 is 5.69 Å². The van der Waals surface area contributed by atoms with Crippen molar-refractivity contribution in [1.82, 2.24) is 0 Å². The van der Waals surface area contributed by atoms with E-state index >= 15 is 0 Å². The summed E-state index contributed by atoms with van der Waals surface area (Å²) in [4.78, 5) is 0. The Labute approximate surface area is 90.5 Å². The van der Waals surface area contributed by atoms with Gasteiger partial charge in [-0.3, -0.25) is 0 Å². The van der Waals surface area contributed by atoms with Crippen LogP contribution in [-0.2, 0) is 0 Å². The lowest BCUT2D eigenvalue weighted by molar-refractivity contribution is 0.289. The van der Waals surface area contributed by atoms with Gasteiger partial charge in [-0.25, -0.2) is 0 Å². The monoisotopic (exact) mass is 204 g/mol. The Morgan fingerprint density at radius 3 is 2.80 bits per heavy atom. The molecule has 0 radical (unpaired) electrons. The van der Waals surface area contributed by atoms with E-state index in [-0.39, 0.29) is 0 Å². The Hall–Kier alpha value is -1.69. The summed E-state index contributed by atoms with van der Waals surface area (Å²) in [5.41, 5.74) is 6.56. The van der Waals surface area contributed by atoms with E-state index in [4.69, 9.17) is 15.7 Å². The van der Waals surface area contributed by atoms with E-state index in [9.17, 15) is 0 Å². The molecule has 0 fully saturated rings. The molecule has 0 atom stereocenters. The average Bonchev–Trinajstić information content (AvgIpc) is 2.20. The van der Waals surface area contributed by atoms with Crippen molar-refractivity contribution in [2.75, 3.05) is 12.3 Å². The van der Waals surface area contributed by atoms with Crippen LogP contribution >= 0.6 is 0 Å². The van der Waals surface area contributed by atoms with Gasteiger partial charge >= 0.3 is 0 Å². The number of nitrogen functional groups attached to an aromatic ring is 1. The zero-order chi connectivity index (χ0) is 11.3. The summed E-state index contributed by atoms with van der Waals surface area (Å²) in [6, 6.07) is 7.19. The molecule has 0 bridgehead atoms. The van der Waals surface area contributed by atoms with E-state index < -0.39 is 0 Å². The minimum Gasteiger partial charge on any atom is -0.494 e. The minimum atomic E-state index is 0.469. The van der Waals surface area contributed by atoms with Gasteiger partial charge in [-0.05, 0) is 30.5 Å². The first-order valence-corrected chi connectivity index (χ1v) is 5.06. The summed E-state index contributed by atoms with van der Waals surface area (Å²) in [7, 11) is 0. The molecule has 0 saturated heterocycles. The van der Waals surface area contributed by atoms with E-state index in [1.807, 2.05) is 6.07 Å². The smallest absolute Gasteiger partial charge is 0.120 e. The van der Waals surface area contributed by atoms with Crippen LogP contribution in [0.5, 0.6) is 5.75 Å². The predicted octanol–water partition coefficient (Wildman–Crippen LogP) is 2.57. The number of ether oxygens (including phenoxy) is 1. The number of rotatable bonds is 4. The topological polar surface area (TPSA) is 59.0 Å². The second kappa shape index (κ2) is 5.26. The predicted molar refractivity (Wildman–Crippen MR) is 60.5 cm³/mol. The second-order valence-electron chi connectivity index (χ2n) is 3.89. The number of hydrogen-bond acceptors (Lipinski definition) is 3. The first-order valence-electron chi connectivity index (χ1n) is 5.06. The molecule has 3 heteroatoms. The van der Waals surface area contributed by atoms with Crippen molar-refractivity contribution in [2.24, 2.45) is 5.92 Å². The lowest BCUT2D eigenvalue weighted by Crippen LogP contribution is -2.02. The van der Waals surface area contributed by atoms with Crippen LogP contribution in [0.2, 0.25) is 0 Å². The highest BCUT2D eigenvalue weighted by Gasteiger charge is 2.01. The number of nitrogens with two attached hydrogens (primary N) is 1. The fraction of sp³-hybridized carbons (Fsp3) is 0.417. The highest BCUT2D eigenvalue weighted by Crippen LogP contribution is 2.19. The molecule has 0 heterocycles. The molecule has 0 aliphatic carbocycles. The van der Waals surface area contributed by atoms with Gasteiger partial charge in [-0.2, -0.15) is 5.26 Å². The van der Waals surface area contributed by atoms with Crippen molar-refractivity contribution in [3.63, 3.8) is 0 Å². The van der Waals surface area contributed by atoms with Crippen molar-refractivity contribution in [3.8, 4) is 11.8 Å². The minimum absolute atomic E-state index is 0.469. The average molecular weight is 204 g/mol. The van der Waals surface area contributed by atoms with Crippen LogP contribution in [-0.4, -0.2) is 6.61 Å². The normalized spacial score (nSPS) is 10.0. The molecule has 1 aromatic rings. The molecule has 0 saturated carbocycles. The maximum Gasteiger partial charge on any atom is 0.120 e. The SMILES string of the molecule is CC(C)CCOc1ccc(N)c(C#N)c1. The van der Waals surface area contributed by atoms with Crippen LogP contribution in [0.1, 0.15) is 25.8 Å².